The average Bonchev–Trinajstić information content (AvgIpc) is 2.91. The van der Waals surface area contributed by atoms with E-state index < -0.39 is 24.3 Å². The van der Waals surface area contributed by atoms with Gasteiger partial charge in [-0.15, -0.1) is 0 Å². The Morgan fingerprint density at radius 2 is 1.39 bits per heavy atom. The molecule has 0 aliphatic rings. The fourth-order valence-electron chi connectivity index (χ4n) is 3.21. The van der Waals surface area contributed by atoms with E-state index in [9.17, 15) is 19.2 Å². The van der Waals surface area contributed by atoms with Gasteiger partial charge in [0, 0.05) is 13.0 Å². The number of rotatable bonds is 18. The molecule has 0 saturated carbocycles. The van der Waals surface area contributed by atoms with Crippen molar-refractivity contribution in [3.8, 4) is 11.5 Å². The Bertz CT molecular complexity index is 873. The van der Waals surface area contributed by atoms with Crippen molar-refractivity contribution in [2.45, 2.75) is 78.2 Å². The van der Waals surface area contributed by atoms with Crippen molar-refractivity contribution in [2.24, 2.45) is 0 Å². The number of esters is 2. The normalized spacial score (nSPS) is 11.3. The second-order valence-electron chi connectivity index (χ2n) is 8.40. The number of carbonyl (C=O) groups excluding carboxylic acids is 4. The van der Waals surface area contributed by atoms with Gasteiger partial charge in [0.2, 0.25) is 0 Å². The second-order valence-corrected chi connectivity index (χ2v) is 8.40. The molecule has 0 fully saturated rings. The van der Waals surface area contributed by atoms with Crippen LogP contribution in [0.3, 0.4) is 0 Å². The van der Waals surface area contributed by atoms with Gasteiger partial charge in [0.1, 0.15) is 12.6 Å². The van der Waals surface area contributed by atoms with Gasteiger partial charge < -0.3 is 33.7 Å². The van der Waals surface area contributed by atoms with E-state index in [1.54, 1.807) is 13.0 Å². The van der Waals surface area contributed by atoms with Gasteiger partial charge >= 0.3 is 24.2 Å². The molecular weight excluding hydrogens is 498 g/mol. The van der Waals surface area contributed by atoms with Crippen molar-refractivity contribution in [1.82, 2.24) is 5.32 Å². The molecule has 1 N–H and O–H groups in total. The van der Waals surface area contributed by atoms with Crippen molar-refractivity contribution >= 4 is 24.2 Å². The SMILES string of the molecule is CCCCCOC(=O)Oc1ccc(C[C@H](NCCOC(=O)CC)C(=O)OC)cc1OC(=O)OCCCCC. The summed E-state index contributed by atoms with van der Waals surface area (Å²) in [5.74, 6) is -0.965. The van der Waals surface area contributed by atoms with E-state index in [0.29, 0.717) is 18.4 Å². The van der Waals surface area contributed by atoms with E-state index in [1.165, 1.54) is 19.2 Å². The van der Waals surface area contributed by atoms with Crippen LogP contribution in [0.4, 0.5) is 9.59 Å². The minimum atomic E-state index is -0.945. The van der Waals surface area contributed by atoms with Crippen molar-refractivity contribution in [3.63, 3.8) is 0 Å². The van der Waals surface area contributed by atoms with Gasteiger partial charge in [-0.3, -0.25) is 9.59 Å². The Morgan fingerprint density at radius 1 is 0.789 bits per heavy atom. The third kappa shape index (κ3) is 13.8. The van der Waals surface area contributed by atoms with E-state index in [1.807, 2.05) is 13.8 Å². The number of hydrogen-bond donors (Lipinski definition) is 1. The quantitative estimate of drug-likeness (QED) is 0.120. The molecule has 0 aliphatic heterocycles. The lowest BCUT2D eigenvalue weighted by atomic mass is 10.1. The number of carbonyl (C=O) groups is 4. The first-order valence-electron chi connectivity index (χ1n) is 13.1. The molecule has 0 bridgehead atoms. The van der Waals surface area contributed by atoms with Crippen LogP contribution in [0.2, 0.25) is 0 Å². The molecule has 0 spiro atoms. The van der Waals surface area contributed by atoms with Crippen LogP contribution in [0.1, 0.15) is 71.3 Å². The minimum Gasteiger partial charge on any atom is -0.468 e. The largest absolute Gasteiger partial charge is 0.513 e. The van der Waals surface area contributed by atoms with E-state index in [-0.39, 0.29) is 56.7 Å². The zero-order valence-electron chi connectivity index (χ0n) is 22.9. The summed E-state index contributed by atoms with van der Waals surface area (Å²) < 4.78 is 30.7. The van der Waals surface area contributed by atoms with Gasteiger partial charge in [0.15, 0.2) is 11.5 Å². The number of methoxy groups -OCH3 is 1. The molecule has 1 aromatic carbocycles. The molecule has 0 heterocycles. The predicted molar refractivity (Wildman–Crippen MR) is 138 cm³/mol. The maximum Gasteiger partial charge on any atom is 0.513 e. The van der Waals surface area contributed by atoms with E-state index >= 15 is 0 Å². The summed E-state index contributed by atoms with van der Waals surface area (Å²) >= 11 is 0. The number of nitrogens with one attached hydrogen (secondary N) is 1. The zero-order valence-corrected chi connectivity index (χ0v) is 22.9. The molecule has 11 heteroatoms. The van der Waals surface area contributed by atoms with Gasteiger partial charge in [-0.05, 0) is 37.0 Å². The van der Waals surface area contributed by atoms with Crippen LogP contribution >= 0.6 is 0 Å². The van der Waals surface area contributed by atoms with E-state index in [0.717, 1.165) is 25.7 Å². The van der Waals surface area contributed by atoms with Gasteiger partial charge in [-0.2, -0.15) is 0 Å². The molecule has 0 amide bonds. The molecule has 214 valence electrons. The van der Waals surface area contributed by atoms with Crippen molar-refractivity contribution in [3.05, 3.63) is 23.8 Å². The summed E-state index contributed by atoms with van der Waals surface area (Å²) in [5.41, 5.74) is 0.580. The van der Waals surface area contributed by atoms with E-state index in [2.05, 4.69) is 5.32 Å². The average molecular weight is 540 g/mol. The molecule has 1 aromatic rings. The van der Waals surface area contributed by atoms with Gasteiger partial charge in [0.25, 0.3) is 0 Å². The van der Waals surface area contributed by atoms with Crippen LogP contribution < -0.4 is 14.8 Å². The Balaban J connectivity index is 2.96. The summed E-state index contributed by atoms with van der Waals surface area (Å²) in [6.45, 7) is 6.47. The first-order valence-corrected chi connectivity index (χ1v) is 13.1. The molecule has 1 atom stereocenters. The summed E-state index contributed by atoms with van der Waals surface area (Å²) in [6, 6.07) is 3.76. The second kappa shape index (κ2) is 19.7. The lowest BCUT2D eigenvalue weighted by Gasteiger charge is -2.18. The standard InChI is InChI=1S/C27H41NO10/c1-5-8-10-15-35-26(31)37-22-13-12-20(19-23(22)38-27(32)36-16-11-9-6-2)18-21(25(30)33-4)28-14-17-34-24(29)7-3/h12-13,19,21,28H,5-11,14-18H2,1-4H3/t21-/m0/s1. The fraction of sp³-hybridized carbons (Fsp3) is 0.630. The lowest BCUT2D eigenvalue weighted by molar-refractivity contribution is -0.143. The molecule has 0 unspecified atom stereocenters. The van der Waals surface area contributed by atoms with Gasteiger partial charge in [-0.25, -0.2) is 9.59 Å². The lowest BCUT2D eigenvalue weighted by Crippen LogP contribution is -2.41. The molecule has 11 nitrogen and oxygen atoms in total. The van der Waals surface area contributed by atoms with Crippen LogP contribution in [-0.2, 0) is 35.0 Å². The highest BCUT2D eigenvalue weighted by molar-refractivity contribution is 5.76. The third-order valence-corrected chi connectivity index (χ3v) is 5.30. The van der Waals surface area contributed by atoms with Gasteiger partial charge in [0.05, 0.1) is 20.3 Å². The zero-order chi connectivity index (χ0) is 28.2. The maximum atomic E-state index is 12.3. The number of hydrogen-bond acceptors (Lipinski definition) is 11. The van der Waals surface area contributed by atoms with E-state index in [4.69, 9.17) is 28.4 Å². The number of unbranched alkanes of at least 4 members (excludes halogenated alkanes) is 4. The molecule has 0 aromatic heterocycles. The minimum absolute atomic E-state index is 0.0335. The van der Waals surface area contributed by atoms with Crippen LogP contribution in [0.15, 0.2) is 18.2 Å². The predicted octanol–water partition coefficient (Wildman–Crippen LogP) is 4.72. The summed E-state index contributed by atoms with van der Waals surface area (Å²) in [7, 11) is 1.26. The maximum absolute atomic E-state index is 12.3. The highest BCUT2D eigenvalue weighted by Gasteiger charge is 2.22. The molecule has 0 radical (unpaired) electrons. The third-order valence-electron chi connectivity index (χ3n) is 5.30. The molecule has 0 saturated heterocycles. The fourth-order valence-corrected chi connectivity index (χ4v) is 3.21. The molecular formula is C27H41NO10. The Kier molecular flexibility index (Phi) is 17.0. The van der Waals surface area contributed by atoms with Gasteiger partial charge in [-0.1, -0.05) is 52.5 Å². The summed E-state index contributed by atoms with van der Waals surface area (Å²) in [4.78, 5) is 48.0. The Labute approximate surface area is 224 Å². The molecule has 38 heavy (non-hydrogen) atoms. The van der Waals surface area contributed by atoms with Crippen molar-refractivity contribution in [1.29, 1.82) is 0 Å². The van der Waals surface area contributed by atoms with Crippen LogP contribution in [0.5, 0.6) is 11.5 Å². The monoisotopic (exact) mass is 539 g/mol. The van der Waals surface area contributed by atoms with Crippen LogP contribution in [0.25, 0.3) is 0 Å². The number of ether oxygens (including phenoxy) is 6. The summed E-state index contributed by atoms with van der Waals surface area (Å²) in [6.07, 6.45) is 3.70. The topological polar surface area (TPSA) is 136 Å². The Hall–Kier alpha value is -3.34. The molecule has 1 rings (SSSR count). The van der Waals surface area contributed by atoms with Crippen LogP contribution in [-0.4, -0.2) is 63.8 Å². The van der Waals surface area contributed by atoms with Crippen LogP contribution in [0, 0.1) is 0 Å². The molecule has 0 aliphatic carbocycles. The smallest absolute Gasteiger partial charge is 0.468 e. The highest BCUT2D eigenvalue weighted by Crippen LogP contribution is 2.30. The number of benzene rings is 1. The summed E-state index contributed by atoms with van der Waals surface area (Å²) in [5, 5.41) is 2.99. The first kappa shape index (κ1) is 32.7. The Morgan fingerprint density at radius 3 is 1.95 bits per heavy atom. The van der Waals surface area contributed by atoms with Crippen molar-refractivity contribution in [2.75, 3.05) is 33.5 Å². The van der Waals surface area contributed by atoms with Crippen molar-refractivity contribution < 1.29 is 47.6 Å². The highest BCUT2D eigenvalue weighted by atomic mass is 16.7. The first-order chi connectivity index (χ1) is 18.3.